The van der Waals surface area contributed by atoms with E-state index in [0.29, 0.717) is 19.5 Å². The minimum Gasteiger partial charge on any atom is -0.496 e. The third-order valence-corrected chi connectivity index (χ3v) is 4.80. The fourth-order valence-corrected chi connectivity index (χ4v) is 3.35. The lowest BCUT2D eigenvalue weighted by Crippen LogP contribution is -2.38. The molecule has 2 rings (SSSR count). The van der Waals surface area contributed by atoms with Crippen molar-refractivity contribution in [2.75, 3.05) is 13.7 Å². The zero-order chi connectivity index (χ0) is 16.0. The highest BCUT2D eigenvalue weighted by Gasteiger charge is 2.32. The number of methoxy groups -OCH3 is 1. The van der Waals surface area contributed by atoms with Crippen LogP contribution in [0.15, 0.2) is 18.2 Å². The van der Waals surface area contributed by atoms with Crippen LogP contribution in [0.25, 0.3) is 0 Å². The molecule has 0 spiro atoms. The van der Waals surface area contributed by atoms with Crippen molar-refractivity contribution in [1.29, 1.82) is 0 Å². The Labute approximate surface area is 133 Å². The monoisotopic (exact) mass is 304 g/mol. The minimum absolute atomic E-state index is 0.0136. The van der Waals surface area contributed by atoms with Crippen LogP contribution in [0.5, 0.6) is 5.75 Å². The summed E-state index contributed by atoms with van der Waals surface area (Å²) in [5.74, 6) is 0.918. The zero-order valence-electron chi connectivity index (χ0n) is 13.8. The Hall–Kier alpha value is -1.55. The topological polar surface area (TPSA) is 64.3 Å². The van der Waals surface area contributed by atoms with Crippen molar-refractivity contribution in [1.82, 2.24) is 5.32 Å². The Kier molecular flexibility index (Phi) is 5.83. The van der Waals surface area contributed by atoms with Gasteiger partial charge >= 0.3 is 0 Å². The van der Waals surface area contributed by atoms with Crippen molar-refractivity contribution in [2.24, 2.45) is 11.1 Å². The molecular weight excluding hydrogens is 276 g/mol. The average molecular weight is 304 g/mol. The van der Waals surface area contributed by atoms with Crippen molar-refractivity contribution >= 4 is 5.91 Å². The Morgan fingerprint density at radius 1 is 1.32 bits per heavy atom. The normalized spacial score (nSPS) is 17.0. The van der Waals surface area contributed by atoms with Crippen molar-refractivity contribution in [2.45, 2.75) is 52.0 Å². The van der Waals surface area contributed by atoms with E-state index in [0.717, 1.165) is 29.7 Å². The molecule has 4 nitrogen and oxygen atoms in total. The molecule has 1 aliphatic rings. The smallest absolute Gasteiger partial charge is 0.220 e. The summed E-state index contributed by atoms with van der Waals surface area (Å²) in [5, 5.41) is 3.03. The Balaban J connectivity index is 1.92. The van der Waals surface area contributed by atoms with E-state index in [1.54, 1.807) is 7.11 Å². The molecule has 122 valence electrons. The molecule has 0 heterocycles. The third-order valence-electron chi connectivity index (χ3n) is 4.80. The molecule has 0 unspecified atom stereocenters. The second-order valence-electron chi connectivity index (χ2n) is 6.53. The lowest BCUT2D eigenvalue weighted by molar-refractivity contribution is -0.124. The van der Waals surface area contributed by atoms with Gasteiger partial charge in [-0.15, -0.1) is 0 Å². The lowest BCUT2D eigenvalue weighted by Gasteiger charge is -2.35. The van der Waals surface area contributed by atoms with Crippen LogP contribution in [0.4, 0.5) is 0 Å². The number of ether oxygens (including phenoxy) is 1. The van der Waals surface area contributed by atoms with Gasteiger partial charge < -0.3 is 15.8 Å². The van der Waals surface area contributed by atoms with E-state index in [-0.39, 0.29) is 11.3 Å². The van der Waals surface area contributed by atoms with Gasteiger partial charge in [0.2, 0.25) is 5.91 Å². The first-order chi connectivity index (χ1) is 10.6. The van der Waals surface area contributed by atoms with Crippen LogP contribution >= 0.6 is 0 Å². The van der Waals surface area contributed by atoms with Crippen molar-refractivity contribution in [3.05, 3.63) is 29.3 Å². The summed E-state index contributed by atoms with van der Waals surface area (Å²) < 4.78 is 5.38. The molecule has 3 N–H and O–H groups in total. The predicted octanol–water partition coefficient (Wildman–Crippen LogP) is 2.92. The van der Waals surface area contributed by atoms with Gasteiger partial charge in [0, 0.05) is 18.5 Å². The summed E-state index contributed by atoms with van der Waals surface area (Å²) in [5.41, 5.74) is 8.13. The van der Waals surface area contributed by atoms with Gasteiger partial charge in [-0.2, -0.15) is 0 Å². The van der Waals surface area contributed by atoms with E-state index in [2.05, 4.69) is 5.32 Å². The minimum atomic E-state index is 0.0136. The third kappa shape index (κ3) is 4.23. The second-order valence-corrected chi connectivity index (χ2v) is 6.53. The number of hydrogen-bond donors (Lipinski definition) is 2. The van der Waals surface area contributed by atoms with Crippen LogP contribution in [-0.2, 0) is 11.3 Å². The zero-order valence-corrected chi connectivity index (χ0v) is 13.8. The Morgan fingerprint density at radius 2 is 2.05 bits per heavy atom. The fraction of sp³-hybridized carbons (Fsp3) is 0.611. The van der Waals surface area contributed by atoms with E-state index < -0.39 is 0 Å². The lowest BCUT2D eigenvalue weighted by atomic mass is 9.71. The molecule has 1 aromatic rings. The predicted molar refractivity (Wildman–Crippen MR) is 88.8 cm³/mol. The number of carbonyl (C=O) groups is 1. The van der Waals surface area contributed by atoms with Crippen LogP contribution in [0, 0.1) is 12.3 Å². The number of aryl methyl sites for hydroxylation is 1. The first-order valence-corrected chi connectivity index (χ1v) is 8.19. The van der Waals surface area contributed by atoms with Crippen molar-refractivity contribution in [3.63, 3.8) is 0 Å². The largest absolute Gasteiger partial charge is 0.496 e. The molecule has 0 aromatic heterocycles. The Morgan fingerprint density at radius 3 is 2.68 bits per heavy atom. The fourth-order valence-electron chi connectivity index (χ4n) is 3.35. The van der Waals surface area contributed by atoms with E-state index in [9.17, 15) is 4.79 Å². The number of benzene rings is 1. The van der Waals surface area contributed by atoms with Crippen LogP contribution in [0.3, 0.4) is 0 Å². The maximum absolute atomic E-state index is 12.3. The molecule has 0 radical (unpaired) electrons. The molecular formula is C18H28N2O2. The number of amides is 1. The standard InChI is InChI=1S/C18H28N2O2/c1-14-6-7-15(16(10-14)22-2)12-20-17(21)11-18(13-19)8-4-3-5-9-18/h6-7,10H,3-5,8-9,11-13,19H2,1-2H3,(H,20,21). The van der Waals surface area contributed by atoms with Gasteiger partial charge in [-0.3, -0.25) is 4.79 Å². The molecule has 1 aromatic carbocycles. The molecule has 0 aliphatic heterocycles. The van der Waals surface area contributed by atoms with E-state index in [4.69, 9.17) is 10.5 Å². The van der Waals surface area contributed by atoms with Gasteiger partial charge in [-0.25, -0.2) is 0 Å². The van der Waals surface area contributed by atoms with E-state index >= 15 is 0 Å². The van der Waals surface area contributed by atoms with Crippen LogP contribution in [0.2, 0.25) is 0 Å². The molecule has 1 saturated carbocycles. The number of rotatable bonds is 6. The molecule has 4 heteroatoms. The van der Waals surface area contributed by atoms with Gasteiger partial charge in [0.1, 0.15) is 5.75 Å². The van der Waals surface area contributed by atoms with Crippen LogP contribution in [-0.4, -0.2) is 19.6 Å². The first-order valence-electron chi connectivity index (χ1n) is 8.19. The highest BCUT2D eigenvalue weighted by molar-refractivity contribution is 5.76. The van der Waals surface area contributed by atoms with Gasteiger partial charge in [0.15, 0.2) is 0 Å². The molecule has 22 heavy (non-hydrogen) atoms. The van der Waals surface area contributed by atoms with Gasteiger partial charge in [0.05, 0.1) is 7.11 Å². The summed E-state index contributed by atoms with van der Waals surface area (Å²) in [6, 6.07) is 6.03. The first kappa shape index (κ1) is 16.8. The molecule has 0 saturated heterocycles. The molecule has 0 bridgehead atoms. The molecule has 1 aliphatic carbocycles. The number of nitrogens with two attached hydrogens (primary N) is 1. The summed E-state index contributed by atoms with van der Waals surface area (Å²) in [6.45, 7) is 3.14. The van der Waals surface area contributed by atoms with Gasteiger partial charge in [0.25, 0.3) is 0 Å². The molecule has 1 fully saturated rings. The SMILES string of the molecule is COc1cc(C)ccc1CNC(=O)CC1(CN)CCCCC1. The quantitative estimate of drug-likeness (QED) is 0.849. The number of hydrogen-bond acceptors (Lipinski definition) is 3. The highest BCUT2D eigenvalue weighted by Crippen LogP contribution is 2.38. The van der Waals surface area contributed by atoms with Crippen LogP contribution in [0.1, 0.15) is 49.7 Å². The second kappa shape index (κ2) is 7.63. The van der Waals surface area contributed by atoms with Gasteiger partial charge in [-0.1, -0.05) is 31.4 Å². The van der Waals surface area contributed by atoms with E-state index in [1.165, 1.54) is 19.3 Å². The molecule has 0 atom stereocenters. The summed E-state index contributed by atoms with van der Waals surface area (Å²) in [4.78, 5) is 12.3. The maximum atomic E-state index is 12.3. The molecule has 1 amide bonds. The van der Waals surface area contributed by atoms with Crippen molar-refractivity contribution < 1.29 is 9.53 Å². The highest BCUT2D eigenvalue weighted by atomic mass is 16.5. The van der Waals surface area contributed by atoms with Crippen molar-refractivity contribution in [3.8, 4) is 5.75 Å². The summed E-state index contributed by atoms with van der Waals surface area (Å²) in [6.07, 6.45) is 6.34. The summed E-state index contributed by atoms with van der Waals surface area (Å²) >= 11 is 0. The number of carbonyl (C=O) groups excluding carboxylic acids is 1. The maximum Gasteiger partial charge on any atom is 0.220 e. The Bertz CT molecular complexity index is 508. The van der Waals surface area contributed by atoms with Gasteiger partial charge in [-0.05, 0) is 43.4 Å². The van der Waals surface area contributed by atoms with E-state index in [1.807, 2.05) is 25.1 Å². The average Bonchev–Trinajstić information content (AvgIpc) is 2.54. The summed E-state index contributed by atoms with van der Waals surface area (Å²) in [7, 11) is 1.66. The number of nitrogens with one attached hydrogen (secondary N) is 1. The van der Waals surface area contributed by atoms with Crippen LogP contribution < -0.4 is 15.8 Å².